The molecule has 0 spiro atoms. The van der Waals surface area contributed by atoms with Gasteiger partial charge in [0.1, 0.15) is 18.2 Å². The van der Waals surface area contributed by atoms with Crippen LogP contribution < -0.4 is 16.0 Å². The molecular formula is C34H53N3O5. The van der Waals surface area contributed by atoms with Crippen LogP contribution in [0.25, 0.3) is 0 Å². The summed E-state index contributed by atoms with van der Waals surface area (Å²) < 4.78 is 0. The third-order valence-corrected chi connectivity index (χ3v) is 8.83. The van der Waals surface area contributed by atoms with Gasteiger partial charge in [-0.05, 0) is 49.5 Å². The molecule has 0 aliphatic heterocycles. The largest absolute Gasteiger partial charge is 0.383 e. The Balaban J connectivity index is 1.76. The summed E-state index contributed by atoms with van der Waals surface area (Å²) in [5, 5.41) is 19.9. The maximum absolute atomic E-state index is 13.7. The van der Waals surface area contributed by atoms with Crippen LogP contribution >= 0.6 is 0 Å². The van der Waals surface area contributed by atoms with Gasteiger partial charge in [0.2, 0.25) is 17.7 Å². The summed E-state index contributed by atoms with van der Waals surface area (Å²) in [4.78, 5) is 53.2. The number of aliphatic hydroxyl groups is 1. The average Bonchev–Trinajstić information content (AvgIpc) is 3.52. The quantitative estimate of drug-likeness (QED) is 0.226. The van der Waals surface area contributed by atoms with Gasteiger partial charge in [0, 0.05) is 18.8 Å². The first-order chi connectivity index (χ1) is 20.2. The lowest BCUT2D eigenvalue weighted by atomic mass is 9.83. The van der Waals surface area contributed by atoms with Crippen LogP contribution in [0.4, 0.5) is 0 Å². The molecule has 0 aromatic heterocycles. The first-order valence-corrected chi connectivity index (χ1v) is 16.3. The molecule has 3 amide bonds. The van der Waals surface area contributed by atoms with E-state index in [1.54, 1.807) is 0 Å². The van der Waals surface area contributed by atoms with E-state index < -0.39 is 36.0 Å². The van der Waals surface area contributed by atoms with E-state index in [2.05, 4.69) is 16.0 Å². The first kappa shape index (κ1) is 33.8. The molecule has 2 fully saturated rings. The second kappa shape index (κ2) is 17.4. The number of rotatable bonds is 16. The lowest BCUT2D eigenvalue weighted by molar-refractivity contribution is -0.135. The standard InChI is InChI=1S/C34H53N3O5/c1-4-13-30(38)31(39)27(21-24-14-7-5-8-15-24)35-33(41)28(20-23(2)3)37-34(42)29(22-25-16-9-6-10-17-25)36-32(40)26-18-11-12-19-26/h6,9-10,16-17,23-24,26-29,31,39H,4-5,7-8,11-15,18-22H2,1-3H3,(H,35,41)(H,36,40)(H,37,42)/t27-,28+,29+,31+/m1/s1. The van der Waals surface area contributed by atoms with Crippen LogP contribution in [0.1, 0.15) is 110 Å². The van der Waals surface area contributed by atoms with E-state index in [1.807, 2.05) is 51.1 Å². The minimum atomic E-state index is -1.28. The number of Topliss-reactive ketones (excluding diaryl/α,β-unsaturated/α-hetero) is 1. The number of benzene rings is 1. The van der Waals surface area contributed by atoms with Gasteiger partial charge in [0.25, 0.3) is 0 Å². The summed E-state index contributed by atoms with van der Waals surface area (Å²) in [5.74, 6) is -0.829. The molecule has 0 unspecified atom stereocenters. The molecule has 1 aromatic rings. The molecule has 4 N–H and O–H groups in total. The van der Waals surface area contributed by atoms with Gasteiger partial charge >= 0.3 is 0 Å². The number of amides is 3. The number of carbonyl (C=O) groups is 4. The predicted molar refractivity (Wildman–Crippen MR) is 164 cm³/mol. The fourth-order valence-electron chi connectivity index (χ4n) is 6.46. The Morgan fingerprint density at radius 2 is 1.45 bits per heavy atom. The van der Waals surface area contributed by atoms with Gasteiger partial charge in [-0.25, -0.2) is 0 Å². The van der Waals surface area contributed by atoms with Gasteiger partial charge in [0.05, 0.1) is 6.04 Å². The molecule has 0 heterocycles. The normalized spacial score (nSPS) is 19.1. The summed E-state index contributed by atoms with van der Waals surface area (Å²) in [6.45, 7) is 5.86. The van der Waals surface area contributed by atoms with Crippen molar-refractivity contribution in [2.45, 2.75) is 135 Å². The molecule has 0 bridgehead atoms. The second-order valence-electron chi connectivity index (χ2n) is 12.9. The zero-order valence-electron chi connectivity index (χ0n) is 25.9. The molecule has 1 aromatic carbocycles. The van der Waals surface area contributed by atoms with Crippen LogP contribution in [0.2, 0.25) is 0 Å². The zero-order chi connectivity index (χ0) is 30.5. The fourth-order valence-corrected chi connectivity index (χ4v) is 6.46. The van der Waals surface area contributed by atoms with Crippen LogP contribution in [0.5, 0.6) is 0 Å². The minimum Gasteiger partial charge on any atom is -0.383 e. The van der Waals surface area contributed by atoms with E-state index in [9.17, 15) is 24.3 Å². The van der Waals surface area contributed by atoms with E-state index in [-0.39, 0.29) is 29.9 Å². The number of aliphatic hydroxyl groups excluding tert-OH is 1. The summed E-state index contributed by atoms with van der Waals surface area (Å²) in [6, 6.07) is 7.16. The predicted octanol–water partition coefficient (Wildman–Crippen LogP) is 4.62. The minimum absolute atomic E-state index is 0.0893. The molecule has 2 aliphatic rings. The van der Waals surface area contributed by atoms with Crippen LogP contribution in [0.3, 0.4) is 0 Å². The molecule has 8 heteroatoms. The summed E-state index contributed by atoms with van der Waals surface area (Å²) >= 11 is 0. The van der Waals surface area contributed by atoms with Crippen LogP contribution in [0.15, 0.2) is 30.3 Å². The van der Waals surface area contributed by atoms with Gasteiger partial charge in [-0.3, -0.25) is 19.2 Å². The summed E-state index contributed by atoms with van der Waals surface area (Å²) in [6.07, 6.45) is 10.00. The number of nitrogens with one attached hydrogen (secondary N) is 3. The van der Waals surface area contributed by atoms with Crippen molar-refractivity contribution >= 4 is 23.5 Å². The first-order valence-electron chi connectivity index (χ1n) is 16.3. The lowest BCUT2D eigenvalue weighted by Gasteiger charge is -2.31. The lowest BCUT2D eigenvalue weighted by Crippen LogP contribution is -2.58. The van der Waals surface area contributed by atoms with E-state index in [0.717, 1.165) is 56.9 Å². The van der Waals surface area contributed by atoms with Gasteiger partial charge in [-0.15, -0.1) is 0 Å². The molecule has 8 nitrogen and oxygen atoms in total. The van der Waals surface area contributed by atoms with Gasteiger partial charge < -0.3 is 21.1 Å². The SMILES string of the molecule is CCCC(=O)[C@@H](O)[C@@H](CC1CCCCC1)NC(=O)[C@H](CC(C)C)NC(=O)[C@H](Cc1ccccc1)NC(=O)C1CCCC1. The number of hydrogen-bond acceptors (Lipinski definition) is 5. The van der Waals surface area contributed by atoms with Crippen molar-refractivity contribution in [1.82, 2.24) is 16.0 Å². The van der Waals surface area contributed by atoms with E-state index in [1.165, 1.54) is 6.42 Å². The smallest absolute Gasteiger partial charge is 0.243 e. The zero-order valence-corrected chi connectivity index (χ0v) is 25.9. The van der Waals surface area contributed by atoms with E-state index >= 15 is 0 Å². The molecule has 0 saturated heterocycles. The number of hydrogen-bond donors (Lipinski definition) is 4. The van der Waals surface area contributed by atoms with E-state index in [4.69, 9.17) is 0 Å². The second-order valence-corrected chi connectivity index (χ2v) is 12.9. The van der Waals surface area contributed by atoms with Gasteiger partial charge in [-0.1, -0.05) is 96.0 Å². The van der Waals surface area contributed by atoms with Crippen molar-refractivity contribution in [3.63, 3.8) is 0 Å². The third-order valence-electron chi connectivity index (χ3n) is 8.83. The highest BCUT2D eigenvalue weighted by molar-refractivity contribution is 5.93. The highest BCUT2D eigenvalue weighted by atomic mass is 16.3. The Labute approximate surface area is 252 Å². The average molecular weight is 584 g/mol. The van der Waals surface area contributed by atoms with Crippen LogP contribution in [-0.2, 0) is 25.6 Å². The van der Waals surface area contributed by atoms with Crippen molar-refractivity contribution in [3.05, 3.63) is 35.9 Å². The Morgan fingerprint density at radius 3 is 2.07 bits per heavy atom. The topological polar surface area (TPSA) is 125 Å². The van der Waals surface area contributed by atoms with Crippen molar-refractivity contribution in [2.75, 3.05) is 0 Å². The molecular weight excluding hydrogens is 530 g/mol. The highest BCUT2D eigenvalue weighted by Gasteiger charge is 2.34. The summed E-state index contributed by atoms with van der Waals surface area (Å²) in [7, 11) is 0. The Kier molecular flexibility index (Phi) is 14.0. The number of carbonyl (C=O) groups excluding carboxylic acids is 4. The van der Waals surface area contributed by atoms with Crippen molar-refractivity contribution in [3.8, 4) is 0 Å². The van der Waals surface area contributed by atoms with Crippen molar-refractivity contribution in [1.29, 1.82) is 0 Å². The molecule has 2 saturated carbocycles. The number of ketones is 1. The molecule has 0 radical (unpaired) electrons. The van der Waals surface area contributed by atoms with Crippen molar-refractivity contribution < 1.29 is 24.3 Å². The maximum atomic E-state index is 13.7. The van der Waals surface area contributed by atoms with Crippen molar-refractivity contribution in [2.24, 2.45) is 17.8 Å². The Morgan fingerprint density at radius 1 is 0.833 bits per heavy atom. The molecule has 4 atom stereocenters. The maximum Gasteiger partial charge on any atom is 0.243 e. The molecule has 42 heavy (non-hydrogen) atoms. The van der Waals surface area contributed by atoms with Crippen LogP contribution in [-0.4, -0.2) is 52.8 Å². The Hall–Kier alpha value is -2.74. The fraction of sp³-hybridized carbons (Fsp3) is 0.706. The van der Waals surface area contributed by atoms with E-state index in [0.29, 0.717) is 31.6 Å². The van der Waals surface area contributed by atoms with Crippen LogP contribution in [0, 0.1) is 17.8 Å². The molecule has 234 valence electrons. The Bertz CT molecular complexity index is 1000. The summed E-state index contributed by atoms with van der Waals surface area (Å²) in [5.41, 5.74) is 0.916. The van der Waals surface area contributed by atoms with Gasteiger partial charge in [0.15, 0.2) is 5.78 Å². The van der Waals surface area contributed by atoms with Gasteiger partial charge in [-0.2, -0.15) is 0 Å². The molecule has 3 rings (SSSR count). The molecule has 2 aliphatic carbocycles. The third kappa shape index (κ3) is 10.8. The highest BCUT2D eigenvalue weighted by Crippen LogP contribution is 2.28. The monoisotopic (exact) mass is 583 g/mol.